The molecule has 0 spiro atoms. The van der Waals surface area contributed by atoms with Gasteiger partial charge >= 0.3 is 19.9 Å². The van der Waals surface area contributed by atoms with Gasteiger partial charge in [0.05, 0.1) is 26.2 Å². The van der Waals surface area contributed by atoms with E-state index in [1.54, 1.807) is 41.9 Å². The number of nitrogens with one attached hydrogen (secondary N) is 1. The maximum Gasteiger partial charge on any atom is 0.753 e. The summed E-state index contributed by atoms with van der Waals surface area (Å²) in [6.07, 6.45) is -1.33. The molecule has 258 valence electrons. The molecule has 4 aromatic rings. The third-order valence-corrected chi connectivity index (χ3v) is 9.02. The first-order valence-corrected chi connectivity index (χ1v) is 16.8. The Hall–Kier alpha value is -4.61. The molecule has 49 heavy (non-hydrogen) atoms. The van der Waals surface area contributed by atoms with Gasteiger partial charge in [-0.2, -0.15) is 4.52 Å². The number of nitrogens with zero attached hydrogens (tertiary/aromatic N) is 1. The molecule has 1 aliphatic rings. The van der Waals surface area contributed by atoms with Gasteiger partial charge < -0.3 is 18.9 Å². The Labute approximate surface area is 284 Å². The van der Waals surface area contributed by atoms with Crippen LogP contribution in [0.3, 0.4) is 0 Å². The van der Waals surface area contributed by atoms with Crippen molar-refractivity contribution >= 4 is 14.2 Å². The summed E-state index contributed by atoms with van der Waals surface area (Å²) in [7, 11) is 0.260. The third kappa shape index (κ3) is 7.84. The minimum Gasteiger partial charge on any atom is -0.497 e. The van der Waals surface area contributed by atoms with Crippen molar-refractivity contribution in [3.63, 3.8) is 0 Å². The van der Waals surface area contributed by atoms with E-state index in [0.717, 1.165) is 16.7 Å². The molecule has 0 saturated carbocycles. The molecule has 2 heterocycles. The highest BCUT2D eigenvalue weighted by Crippen LogP contribution is 2.44. The first-order chi connectivity index (χ1) is 23.3. The Kier molecular flexibility index (Phi) is 10.8. The lowest BCUT2D eigenvalue weighted by atomic mass is 9.80. The van der Waals surface area contributed by atoms with Crippen molar-refractivity contribution < 1.29 is 37.4 Å². The van der Waals surface area contributed by atoms with Crippen molar-refractivity contribution in [2.45, 2.75) is 58.2 Å². The Morgan fingerprint density at radius 1 is 0.898 bits per heavy atom. The summed E-state index contributed by atoms with van der Waals surface area (Å²) >= 11 is 0. The largest absolute Gasteiger partial charge is 0.753 e. The minimum atomic E-state index is -2.92. The molecule has 1 saturated heterocycles. The van der Waals surface area contributed by atoms with Crippen LogP contribution >= 0.6 is 8.25 Å². The second kappa shape index (κ2) is 14.9. The first-order valence-electron chi connectivity index (χ1n) is 15.7. The lowest BCUT2D eigenvalue weighted by Crippen LogP contribution is -2.38. The number of aryl methyl sites for hydroxylation is 1. The zero-order valence-electron chi connectivity index (χ0n) is 28.2. The van der Waals surface area contributed by atoms with Gasteiger partial charge in [0, 0.05) is 22.7 Å². The zero-order chi connectivity index (χ0) is 35.3. The van der Waals surface area contributed by atoms with Crippen LogP contribution in [0, 0.1) is 12.3 Å². The van der Waals surface area contributed by atoms with E-state index in [9.17, 15) is 18.9 Å². The van der Waals surface area contributed by atoms with Gasteiger partial charge in [-0.1, -0.05) is 54.6 Å². The van der Waals surface area contributed by atoms with Crippen molar-refractivity contribution in [2.75, 3.05) is 20.8 Å². The Morgan fingerprint density at radius 2 is 1.45 bits per heavy atom. The summed E-state index contributed by atoms with van der Waals surface area (Å²) in [4.78, 5) is 39.8. The molecule has 5 rings (SSSR count). The predicted molar refractivity (Wildman–Crippen MR) is 181 cm³/mol. The minimum absolute atomic E-state index is 0.0387. The van der Waals surface area contributed by atoms with Crippen molar-refractivity contribution in [2.24, 2.45) is 5.41 Å². The quantitative estimate of drug-likeness (QED) is 0.143. The van der Waals surface area contributed by atoms with Crippen molar-refractivity contribution in [1.82, 2.24) is 9.55 Å². The lowest BCUT2D eigenvalue weighted by molar-refractivity contribution is -0.143. The maximum atomic E-state index is 13.0. The van der Waals surface area contributed by atoms with Gasteiger partial charge in [0.15, 0.2) is 0 Å². The van der Waals surface area contributed by atoms with Gasteiger partial charge in [-0.25, -0.2) is 9.59 Å². The molecule has 0 aliphatic carbocycles. The number of benzene rings is 3. The van der Waals surface area contributed by atoms with Crippen LogP contribution in [-0.4, -0.2) is 48.6 Å². The molecule has 1 unspecified atom stereocenters. The molecule has 12 nitrogen and oxygen atoms in total. The average molecular weight is 692 g/mol. The Balaban J connectivity index is 1.56. The van der Waals surface area contributed by atoms with Gasteiger partial charge in [0.2, 0.25) is 0 Å². The van der Waals surface area contributed by atoms with Crippen LogP contribution in [0.1, 0.15) is 55.7 Å². The van der Waals surface area contributed by atoms with Crippen LogP contribution in [-0.2, 0) is 33.5 Å². The van der Waals surface area contributed by atoms with Crippen LogP contribution in [0.15, 0.2) is 94.6 Å². The van der Waals surface area contributed by atoms with Gasteiger partial charge in [0.1, 0.15) is 35.5 Å². The molecule has 0 bridgehead atoms. The molecular weight excluding hydrogens is 651 g/mol. The summed E-state index contributed by atoms with van der Waals surface area (Å²) in [5.41, 5.74) is -0.683. The summed E-state index contributed by atoms with van der Waals surface area (Å²) < 4.78 is 49.5. The number of H-pyrrole nitrogens is 1. The SMILES string of the molecule is COc1ccc(C(OC[C@H]2O[C@@H](n3cc(C)c(=O)[nH]c3=O)C[C@@H]2O[P+](=O)OC(=O)C(C)(C)C)(c2ccccc2)c2ccc(OC)cc2)cc1. The number of rotatable bonds is 12. The molecule has 4 atom stereocenters. The number of carbonyl (C=O) groups is 1. The highest BCUT2D eigenvalue weighted by atomic mass is 31.1. The molecule has 0 amide bonds. The second-order valence-corrected chi connectivity index (χ2v) is 13.5. The van der Waals surface area contributed by atoms with E-state index in [4.69, 9.17) is 28.0 Å². The standard InChI is InChI=1S/C36H39N2O10P/c1-23-21-38(34(41)37-32(23)39)31-20-29(47-49(42)48-33(40)35(2,3)4)30(46-31)22-45-36(24-10-8-7-9-11-24,25-12-16-27(43-5)17-13-25)26-14-18-28(44-6)19-15-26/h7-19,21,29-31H,20,22H2,1-6H3/p+1/t29-,30+,31+/m0/s1. The number of aromatic amines is 1. The van der Waals surface area contributed by atoms with Gasteiger partial charge in [-0.15, -0.1) is 4.52 Å². The van der Waals surface area contributed by atoms with Crippen molar-refractivity contribution in [3.8, 4) is 11.5 Å². The van der Waals surface area contributed by atoms with Crippen LogP contribution in [0.2, 0.25) is 0 Å². The fourth-order valence-corrected chi connectivity index (χ4v) is 6.45. The van der Waals surface area contributed by atoms with Gasteiger partial charge in [0.25, 0.3) is 5.56 Å². The van der Waals surface area contributed by atoms with E-state index in [0.29, 0.717) is 17.1 Å². The fourth-order valence-electron chi connectivity index (χ4n) is 5.55. The van der Waals surface area contributed by atoms with Crippen molar-refractivity contribution in [3.05, 3.63) is 128 Å². The summed E-state index contributed by atoms with van der Waals surface area (Å²) in [5, 5.41) is 0. The van der Waals surface area contributed by atoms with E-state index in [1.807, 2.05) is 78.9 Å². The van der Waals surface area contributed by atoms with Crippen LogP contribution in [0.5, 0.6) is 11.5 Å². The number of hydrogen-bond acceptors (Lipinski definition) is 10. The van der Waals surface area contributed by atoms with E-state index in [2.05, 4.69) is 4.98 Å². The molecular formula is C36H40N2O10P+. The number of carbonyl (C=O) groups excluding carboxylic acids is 1. The number of hydrogen-bond donors (Lipinski definition) is 1. The Morgan fingerprint density at radius 3 is 1.98 bits per heavy atom. The molecule has 1 aromatic heterocycles. The predicted octanol–water partition coefficient (Wildman–Crippen LogP) is 5.79. The first kappa shape index (κ1) is 35.7. The van der Waals surface area contributed by atoms with Crippen LogP contribution in [0.25, 0.3) is 0 Å². The molecule has 1 fully saturated rings. The monoisotopic (exact) mass is 691 g/mol. The fraction of sp³-hybridized carbons (Fsp3) is 0.361. The van der Waals surface area contributed by atoms with Crippen LogP contribution in [0.4, 0.5) is 0 Å². The second-order valence-electron chi connectivity index (χ2n) is 12.7. The van der Waals surface area contributed by atoms with Gasteiger partial charge in [-0.3, -0.25) is 14.3 Å². The smallest absolute Gasteiger partial charge is 0.497 e. The topological polar surface area (TPSA) is 144 Å². The molecule has 13 heteroatoms. The summed E-state index contributed by atoms with van der Waals surface area (Å²) in [6, 6.07) is 24.6. The number of ether oxygens (including phenoxy) is 4. The van der Waals surface area contributed by atoms with Gasteiger partial charge in [-0.05, 0) is 68.7 Å². The normalized spacial score (nSPS) is 18.2. The summed E-state index contributed by atoms with van der Waals surface area (Å²) in [5.74, 6) is 0.615. The zero-order valence-corrected chi connectivity index (χ0v) is 29.1. The van der Waals surface area contributed by atoms with E-state index < -0.39 is 54.9 Å². The van der Waals surface area contributed by atoms with Crippen molar-refractivity contribution in [1.29, 1.82) is 0 Å². The Bertz CT molecular complexity index is 1840. The molecule has 3 aromatic carbocycles. The highest BCUT2D eigenvalue weighted by Gasteiger charge is 2.48. The third-order valence-electron chi connectivity index (χ3n) is 8.27. The van der Waals surface area contributed by atoms with E-state index in [-0.39, 0.29) is 13.0 Å². The molecule has 1 N–H and O–H groups in total. The highest BCUT2D eigenvalue weighted by molar-refractivity contribution is 7.34. The van der Waals surface area contributed by atoms with E-state index >= 15 is 0 Å². The van der Waals surface area contributed by atoms with Crippen LogP contribution < -0.4 is 20.7 Å². The lowest BCUT2D eigenvalue weighted by Gasteiger charge is -2.37. The molecule has 0 radical (unpaired) electrons. The number of aromatic nitrogens is 2. The summed E-state index contributed by atoms with van der Waals surface area (Å²) in [6.45, 7) is 6.35. The number of methoxy groups -OCH3 is 2. The maximum absolute atomic E-state index is 13.0. The molecule has 1 aliphatic heterocycles. The average Bonchev–Trinajstić information content (AvgIpc) is 3.48. The van der Waals surface area contributed by atoms with E-state index in [1.165, 1.54) is 10.8 Å².